The highest BCUT2D eigenvalue weighted by Gasteiger charge is 2.19. The van der Waals surface area contributed by atoms with E-state index < -0.39 is 0 Å². The third-order valence-electron chi connectivity index (χ3n) is 3.18. The molecule has 2 rings (SSSR count). The maximum Gasteiger partial charge on any atom is 0.231 e. The highest BCUT2D eigenvalue weighted by Crippen LogP contribution is 2.38. The molecule has 0 amide bonds. The molecule has 0 radical (unpaired) electrons. The predicted octanol–water partition coefficient (Wildman–Crippen LogP) is 2.33. The van der Waals surface area contributed by atoms with Crippen LogP contribution < -0.4 is 19.5 Å². The second-order valence-corrected chi connectivity index (χ2v) is 4.80. The van der Waals surface area contributed by atoms with Gasteiger partial charge in [-0.1, -0.05) is 6.92 Å². The van der Waals surface area contributed by atoms with Crippen LogP contribution in [-0.2, 0) is 11.3 Å². The van der Waals surface area contributed by atoms with Gasteiger partial charge in [-0.05, 0) is 19.5 Å². The van der Waals surface area contributed by atoms with E-state index in [0.717, 1.165) is 42.3 Å². The highest BCUT2D eigenvalue weighted by atomic mass is 16.7. The lowest BCUT2D eigenvalue weighted by atomic mass is 10.1. The first-order valence-electron chi connectivity index (χ1n) is 7.03. The van der Waals surface area contributed by atoms with Crippen LogP contribution in [0, 0.1) is 0 Å². The summed E-state index contributed by atoms with van der Waals surface area (Å²) in [4.78, 5) is 0. The van der Waals surface area contributed by atoms with Crippen LogP contribution in [0.15, 0.2) is 12.1 Å². The van der Waals surface area contributed by atoms with Gasteiger partial charge in [0.25, 0.3) is 0 Å². The zero-order chi connectivity index (χ0) is 14.4. The Bertz CT molecular complexity index is 436. The molecule has 5 heteroatoms. The van der Waals surface area contributed by atoms with E-state index >= 15 is 0 Å². The molecule has 1 heterocycles. The number of methoxy groups -OCH3 is 1. The largest absolute Gasteiger partial charge is 0.490 e. The van der Waals surface area contributed by atoms with Crippen molar-refractivity contribution in [3.8, 4) is 17.2 Å². The fourth-order valence-corrected chi connectivity index (χ4v) is 2.03. The zero-order valence-electron chi connectivity index (χ0n) is 12.4. The van der Waals surface area contributed by atoms with E-state index in [1.165, 1.54) is 0 Å². The molecule has 1 aromatic carbocycles. The Morgan fingerprint density at radius 1 is 1.30 bits per heavy atom. The molecule has 0 saturated heterocycles. The van der Waals surface area contributed by atoms with E-state index in [1.54, 1.807) is 7.11 Å². The first kappa shape index (κ1) is 14.9. The number of ether oxygens (including phenoxy) is 4. The van der Waals surface area contributed by atoms with Gasteiger partial charge in [-0.2, -0.15) is 0 Å². The second-order valence-electron chi connectivity index (χ2n) is 4.80. The molecule has 1 atom stereocenters. The Kier molecular flexibility index (Phi) is 5.49. The summed E-state index contributed by atoms with van der Waals surface area (Å²) in [5.41, 5.74) is 1.08. The first-order chi connectivity index (χ1) is 9.74. The minimum absolute atomic E-state index is 0.0932. The molecule has 112 valence electrons. The fraction of sp³-hybridized carbons (Fsp3) is 0.600. The zero-order valence-corrected chi connectivity index (χ0v) is 12.4. The maximum absolute atomic E-state index is 6.01. The average Bonchev–Trinajstić information content (AvgIpc) is 2.89. The van der Waals surface area contributed by atoms with E-state index in [0.29, 0.717) is 6.61 Å². The number of nitrogens with one attached hydrogen (secondary N) is 1. The van der Waals surface area contributed by atoms with E-state index in [9.17, 15) is 0 Å². The standard InChI is InChI=1S/C15H23NO4/c1-4-16-9-12-7-14-15(19-10-18-14)8-13(12)20-11(2)5-6-17-3/h7-8,11,16H,4-6,9-10H2,1-3H3. The van der Waals surface area contributed by atoms with Gasteiger partial charge >= 0.3 is 0 Å². The van der Waals surface area contributed by atoms with Gasteiger partial charge in [-0.15, -0.1) is 0 Å². The molecule has 1 aliphatic rings. The monoisotopic (exact) mass is 281 g/mol. The van der Waals surface area contributed by atoms with Crippen LogP contribution in [0.2, 0.25) is 0 Å². The topological polar surface area (TPSA) is 49.0 Å². The van der Waals surface area contributed by atoms with Gasteiger partial charge < -0.3 is 24.3 Å². The van der Waals surface area contributed by atoms with Crippen LogP contribution in [0.1, 0.15) is 25.8 Å². The van der Waals surface area contributed by atoms with Crippen molar-refractivity contribution in [3.63, 3.8) is 0 Å². The van der Waals surface area contributed by atoms with Gasteiger partial charge in [-0.3, -0.25) is 0 Å². The Morgan fingerprint density at radius 3 is 2.75 bits per heavy atom. The molecule has 1 N–H and O–H groups in total. The lowest BCUT2D eigenvalue weighted by molar-refractivity contribution is 0.134. The summed E-state index contributed by atoms with van der Waals surface area (Å²) in [7, 11) is 1.70. The summed E-state index contributed by atoms with van der Waals surface area (Å²) < 4.78 is 21.9. The molecular formula is C15H23NO4. The van der Waals surface area contributed by atoms with Crippen LogP contribution in [-0.4, -0.2) is 33.2 Å². The van der Waals surface area contributed by atoms with Crippen molar-refractivity contribution in [2.45, 2.75) is 32.9 Å². The van der Waals surface area contributed by atoms with Gasteiger partial charge in [0, 0.05) is 38.3 Å². The van der Waals surface area contributed by atoms with E-state index in [2.05, 4.69) is 12.2 Å². The maximum atomic E-state index is 6.01. The molecule has 1 unspecified atom stereocenters. The van der Waals surface area contributed by atoms with Crippen molar-refractivity contribution < 1.29 is 18.9 Å². The summed E-state index contributed by atoms with van der Waals surface area (Å²) in [6, 6.07) is 3.90. The molecule has 0 spiro atoms. The third-order valence-corrected chi connectivity index (χ3v) is 3.18. The Hall–Kier alpha value is -1.46. The van der Waals surface area contributed by atoms with Crippen molar-refractivity contribution in [2.75, 3.05) is 27.1 Å². The molecule has 1 aromatic rings. The van der Waals surface area contributed by atoms with E-state index in [4.69, 9.17) is 18.9 Å². The minimum Gasteiger partial charge on any atom is -0.490 e. The number of benzene rings is 1. The average molecular weight is 281 g/mol. The molecule has 0 saturated carbocycles. The smallest absolute Gasteiger partial charge is 0.231 e. The molecule has 0 aromatic heterocycles. The van der Waals surface area contributed by atoms with Crippen LogP contribution >= 0.6 is 0 Å². The molecule has 5 nitrogen and oxygen atoms in total. The van der Waals surface area contributed by atoms with Crippen molar-refractivity contribution in [1.82, 2.24) is 5.32 Å². The van der Waals surface area contributed by atoms with Crippen LogP contribution in [0.4, 0.5) is 0 Å². The van der Waals surface area contributed by atoms with Crippen molar-refractivity contribution >= 4 is 0 Å². The normalized spacial score (nSPS) is 14.3. The Labute approximate surface area is 120 Å². The highest BCUT2D eigenvalue weighted by molar-refractivity contribution is 5.51. The van der Waals surface area contributed by atoms with Crippen LogP contribution in [0.25, 0.3) is 0 Å². The minimum atomic E-state index is 0.0932. The molecule has 20 heavy (non-hydrogen) atoms. The molecule has 0 bridgehead atoms. The summed E-state index contributed by atoms with van der Waals surface area (Å²) in [5.74, 6) is 2.38. The summed E-state index contributed by atoms with van der Waals surface area (Å²) in [6.45, 7) is 6.74. The second kappa shape index (κ2) is 7.36. The van der Waals surface area contributed by atoms with Crippen LogP contribution in [0.5, 0.6) is 17.2 Å². The Morgan fingerprint density at radius 2 is 2.05 bits per heavy atom. The van der Waals surface area contributed by atoms with E-state index in [-0.39, 0.29) is 12.9 Å². The lowest BCUT2D eigenvalue weighted by Gasteiger charge is -2.18. The van der Waals surface area contributed by atoms with Gasteiger partial charge in [0.05, 0.1) is 6.10 Å². The van der Waals surface area contributed by atoms with Crippen molar-refractivity contribution in [3.05, 3.63) is 17.7 Å². The van der Waals surface area contributed by atoms with Gasteiger partial charge in [0.1, 0.15) is 5.75 Å². The number of rotatable bonds is 8. The fourth-order valence-electron chi connectivity index (χ4n) is 2.03. The lowest BCUT2D eigenvalue weighted by Crippen LogP contribution is -2.17. The Balaban J connectivity index is 2.11. The quantitative estimate of drug-likeness (QED) is 0.792. The molecule has 0 aliphatic carbocycles. The molecule has 0 fully saturated rings. The molecule has 1 aliphatic heterocycles. The number of hydrogen-bond donors (Lipinski definition) is 1. The summed E-state index contributed by atoms with van der Waals surface area (Å²) >= 11 is 0. The van der Waals surface area contributed by atoms with E-state index in [1.807, 2.05) is 19.1 Å². The van der Waals surface area contributed by atoms with Gasteiger partial charge in [0.2, 0.25) is 6.79 Å². The predicted molar refractivity (Wildman–Crippen MR) is 76.5 cm³/mol. The SMILES string of the molecule is CCNCc1cc2c(cc1OC(C)CCOC)OCO2. The van der Waals surface area contributed by atoms with Gasteiger partial charge in [-0.25, -0.2) is 0 Å². The van der Waals surface area contributed by atoms with Gasteiger partial charge in [0.15, 0.2) is 11.5 Å². The number of fused-ring (bicyclic) bond motifs is 1. The molecular weight excluding hydrogens is 258 g/mol. The third kappa shape index (κ3) is 3.77. The summed E-state index contributed by atoms with van der Waals surface area (Å²) in [6.07, 6.45) is 0.946. The van der Waals surface area contributed by atoms with Crippen molar-refractivity contribution in [1.29, 1.82) is 0 Å². The first-order valence-corrected chi connectivity index (χ1v) is 7.03. The summed E-state index contributed by atoms with van der Waals surface area (Å²) in [5, 5.41) is 3.31. The van der Waals surface area contributed by atoms with Crippen molar-refractivity contribution in [2.24, 2.45) is 0 Å². The van der Waals surface area contributed by atoms with Crippen LogP contribution in [0.3, 0.4) is 0 Å². The number of hydrogen-bond acceptors (Lipinski definition) is 5.